The van der Waals surface area contributed by atoms with Crippen molar-refractivity contribution in [2.75, 3.05) is 0 Å². The fourth-order valence-corrected chi connectivity index (χ4v) is 9.14. The zero-order chi connectivity index (χ0) is 46.3. The molecule has 0 aliphatic carbocycles. The van der Waals surface area contributed by atoms with Gasteiger partial charge in [0.1, 0.15) is 11.6 Å². The number of imidazole rings is 1. The molecule has 0 amide bonds. The number of phenols is 1. The summed E-state index contributed by atoms with van der Waals surface area (Å²) in [6.07, 6.45) is 3.75. The van der Waals surface area contributed by atoms with Gasteiger partial charge in [-0.1, -0.05) is 210 Å². The molecule has 0 unspecified atom stereocenters. The predicted octanol–water partition coefficient (Wildman–Crippen LogP) is 15.6. The van der Waals surface area contributed by atoms with E-state index in [1.165, 1.54) is 0 Å². The van der Waals surface area contributed by atoms with Crippen LogP contribution < -0.4 is 0 Å². The smallest absolute Gasteiger partial charge is 0.144 e. The van der Waals surface area contributed by atoms with Gasteiger partial charge in [0.2, 0.25) is 0 Å². The average molecular weight is 1070 g/mol. The second kappa shape index (κ2) is 18.8. The summed E-state index contributed by atoms with van der Waals surface area (Å²) >= 11 is 0. The summed E-state index contributed by atoms with van der Waals surface area (Å²) < 4.78 is 2.29. The van der Waals surface area contributed by atoms with E-state index in [1.54, 1.807) is 0 Å². The van der Waals surface area contributed by atoms with Crippen molar-refractivity contribution in [2.24, 2.45) is 0 Å². The van der Waals surface area contributed by atoms with E-state index in [4.69, 9.17) is 15.0 Å². The molecule has 3 aromatic heterocycles. The topological polar surface area (TPSA) is 63.8 Å². The normalized spacial score (nSPS) is 11.7. The Kier molecular flexibility index (Phi) is 12.7. The summed E-state index contributed by atoms with van der Waals surface area (Å²) in [5, 5.41) is 12.6. The molecule has 0 saturated heterocycles. The minimum Gasteiger partial charge on any atom is -0.507 e. The SMILES string of the molecule is CC(C)(C)c1cc(-c2nc3c(-c4[c-]c(-c5cc(-c6ccccc6)ccn5)cc(-c5ccccc5)c4)nccc3n2Cc2c(-c3ccccc3)cccc2-c2ccccc2)c(O)c(C(C)(C)C)c1.[Pt]. The zero-order valence-corrected chi connectivity index (χ0v) is 41.5. The monoisotopic (exact) mass is 1060 g/mol. The van der Waals surface area contributed by atoms with Crippen molar-refractivity contribution in [1.29, 1.82) is 0 Å². The number of aromatic nitrogens is 4. The van der Waals surface area contributed by atoms with Crippen molar-refractivity contribution in [3.05, 3.63) is 217 Å². The Labute approximate surface area is 414 Å². The number of phenolic OH excluding ortho intramolecular Hbond substituents is 1. The molecular weight excluding hydrogens is 1010 g/mol. The Morgan fingerprint density at radius 2 is 1.04 bits per heavy atom. The summed E-state index contributed by atoms with van der Waals surface area (Å²) in [5.74, 6) is 0.896. The molecule has 0 aliphatic heterocycles. The van der Waals surface area contributed by atoms with Crippen LogP contribution in [0.3, 0.4) is 0 Å². The maximum Gasteiger partial charge on any atom is 0.144 e. The number of hydrogen-bond donors (Lipinski definition) is 1. The number of aromatic hydroxyl groups is 1. The van der Waals surface area contributed by atoms with Gasteiger partial charge in [0, 0.05) is 50.4 Å². The van der Waals surface area contributed by atoms with Crippen molar-refractivity contribution >= 4 is 11.0 Å². The van der Waals surface area contributed by atoms with Crippen molar-refractivity contribution in [3.8, 4) is 84.2 Å². The molecule has 1 N–H and O–H groups in total. The zero-order valence-electron chi connectivity index (χ0n) is 39.2. The third-order valence-electron chi connectivity index (χ3n) is 12.7. The molecule has 0 aliphatic rings. The van der Waals surface area contributed by atoms with Crippen LogP contribution in [0.15, 0.2) is 194 Å². The van der Waals surface area contributed by atoms with Crippen molar-refractivity contribution in [3.63, 3.8) is 0 Å². The maximum absolute atomic E-state index is 12.6. The van der Waals surface area contributed by atoms with Gasteiger partial charge in [-0.25, -0.2) is 4.98 Å². The quantitative estimate of drug-likeness (QED) is 0.146. The van der Waals surface area contributed by atoms with Crippen LogP contribution in [0.1, 0.15) is 58.2 Å². The number of fused-ring (bicyclic) bond motifs is 1. The third-order valence-corrected chi connectivity index (χ3v) is 12.7. The van der Waals surface area contributed by atoms with Gasteiger partial charge in [0.25, 0.3) is 0 Å². The third kappa shape index (κ3) is 9.11. The number of nitrogens with zero attached hydrogens (tertiary/aromatic N) is 4. The van der Waals surface area contributed by atoms with Crippen molar-refractivity contribution < 1.29 is 26.2 Å². The van der Waals surface area contributed by atoms with Crippen LogP contribution in [0.2, 0.25) is 0 Å². The standard InChI is InChI=1S/C62H53N4O.Pt/c1-61(2,3)49-38-52(59(67)54(39-49)62(4,5)6)60-65-58-56(66(60)40-53-50(43-24-15-9-16-25-43)28-19-29-51(53)44-26-17-10-18-27-44)31-33-64-57(58)48-35-46(42-22-13-8-14-23-42)34-47(36-48)55-37-45(30-32-63-55)41-20-11-7-12-21-41;/h7-35,37-39,67H,40H2,1-6H3;/q-1;. The minimum atomic E-state index is -0.348. The minimum absolute atomic E-state index is 0. The molecule has 3 heterocycles. The summed E-state index contributed by atoms with van der Waals surface area (Å²) in [4.78, 5) is 15.7. The second-order valence-corrected chi connectivity index (χ2v) is 19.4. The molecule has 10 aromatic rings. The molecule has 7 aromatic carbocycles. The number of benzene rings is 7. The van der Waals surface area contributed by atoms with Crippen LogP contribution in [0.4, 0.5) is 0 Å². The Morgan fingerprint density at radius 3 is 1.62 bits per heavy atom. The molecule has 5 nitrogen and oxygen atoms in total. The fourth-order valence-electron chi connectivity index (χ4n) is 9.14. The first-order valence-electron chi connectivity index (χ1n) is 23.0. The van der Waals surface area contributed by atoms with E-state index in [9.17, 15) is 5.11 Å². The Balaban J connectivity index is 0.00000578. The fraction of sp³-hybridized carbons (Fsp3) is 0.145. The first-order chi connectivity index (χ1) is 32.4. The van der Waals surface area contributed by atoms with Gasteiger partial charge in [0.15, 0.2) is 0 Å². The van der Waals surface area contributed by atoms with E-state index in [1.807, 2.05) is 30.6 Å². The summed E-state index contributed by atoms with van der Waals surface area (Å²) in [6.45, 7) is 13.6. The van der Waals surface area contributed by atoms with Crippen LogP contribution >= 0.6 is 0 Å². The molecule has 0 saturated carbocycles. The first kappa shape index (κ1) is 45.9. The van der Waals surface area contributed by atoms with Gasteiger partial charge >= 0.3 is 0 Å². The number of pyridine rings is 2. The molecule has 0 atom stereocenters. The Hall–Kier alpha value is -7.20. The predicted molar refractivity (Wildman–Crippen MR) is 277 cm³/mol. The van der Waals surface area contributed by atoms with Crippen LogP contribution in [-0.4, -0.2) is 24.6 Å². The Morgan fingerprint density at radius 1 is 0.500 bits per heavy atom. The van der Waals surface area contributed by atoms with E-state index >= 15 is 0 Å². The largest absolute Gasteiger partial charge is 0.507 e. The molecule has 0 spiro atoms. The molecule has 338 valence electrons. The molecule has 6 heteroatoms. The van der Waals surface area contributed by atoms with E-state index < -0.39 is 0 Å². The van der Waals surface area contributed by atoms with Crippen LogP contribution in [0.5, 0.6) is 5.75 Å². The second-order valence-electron chi connectivity index (χ2n) is 19.4. The van der Waals surface area contributed by atoms with Gasteiger partial charge in [0.05, 0.1) is 23.1 Å². The molecule has 0 fully saturated rings. The van der Waals surface area contributed by atoms with E-state index in [0.717, 1.165) is 83.5 Å². The van der Waals surface area contributed by atoms with E-state index in [0.29, 0.717) is 29.1 Å². The van der Waals surface area contributed by atoms with E-state index in [-0.39, 0.29) is 37.6 Å². The number of rotatable bonds is 9. The first-order valence-corrected chi connectivity index (χ1v) is 23.0. The van der Waals surface area contributed by atoms with Gasteiger partial charge < -0.3 is 9.67 Å². The van der Waals surface area contributed by atoms with Crippen LogP contribution in [0.25, 0.3) is 89.4 Å². The van der Waals surface area contributed by atoms with Gasteiger partial charge in [-0.2, -0.15) is 0 Å². The van der Waals surface area contributed by atoms with Gasteiger partial charge in [-0.3, -0.25) is 9.97 Å². The summed E-state index contributed by atoms with van der Waals surface area (Å²) in [6, 6.07) is 67.2. The molecule has 10 rings (SSSR count). The molecule has 0 bridgehead atoms. The van der Waals surface area contributed by atoms with Crippen LogP contribution in [0, 0.1) is 6.07 Å². The summed E-state index contributed by atoms with van der Waals surface area (Å²) in [7, 11) is 0. The number of hydrogen-bond acceptors (Lipinski definition) is 4. The average Bonchev–Trinajstić information content (AvgIpc) is 3.72. The van der Waals surface area contributed by atoms with Gasteiger partial charge in [-0.15, -0.1) is 18.2 Å². The van der Waals surface area contributed by atoms with Crippen LogP contribution in [-0.2, 0) is 38.4 Å². The molecule has 68 heavy (non-hydrogen) atoms. The Bertz CT molecular complexity index is 3330. The van der Waals surface area contributed by atoms with Crippen molar-refractivity contribution in [2.45, 2.75) is 58.9 Å². The van der Waals surface area contributed by atoms with Gasteiger partial charge in [-0.05, 0) is 79.1 Å². The van der Waals surface area contributed by atoms with E-state index in [2.05, 4.69) is 216 Å². The maximum atomic E-state index is 12.6. The summed E-state index contributed by atoms with van der Waals surface area (Å²) in [5.41, 5.74) is 16.8. The molecule has 0 radical (unpaired) electrons. The molecular formula is C62H53N4OPt-. The van der Waals surface area contributed by atoms with Crippen molar-refractivity contribution in [1.82, 2.24) is 19.5 Å².